The van der Waals surface area contributed by atoms with Crippen LogP contribution in [-0.4, -0.2) is 19.5 Å². The van der Waals surface area contributed by atoms with E-state index in [2.05, 4.69) is 11.4 Å². The molecule has 0 radical (unpaired) electrons. The van der Waals surface area contributed by atoms with Crippen molar-refractivity contribution in [2.75, 3.05) is 13.6 Å². The number of amides is 1. The van der Waals surface area contributed by atoms with Crippen LogP contribution in [0.1, 0.15) is 10.4 Å². The number of benzene rings is 1. The van der Waals surface area contributed by atoms with Gasteiger partial charge in [-0.1, -0.05) is 18.2 Å². The first kappa shape index (κ1) is 14.7. The smallest absolute Gasteiger partial charge is 0.275 e. The van der Waals surface area contributed by atoms with Gasteiger partial charge in [-0.05, 0) is 29.1 Å². The lowest BCUT2D eigenvalue weighted by Gasteiger charge is -2.12. The average Bonchev–Trinajstić information content (AvgIpc) is 2.90. The highest BCUT2D eigenvalue weighted by molar-refractivity contribution is 7.09. The third-order valence-electron chi connectivity index (χ3n) is 2.92. The van der Waals surface area contributed by atoms with Gasteiger partial charge in [-0.15, -0.1) is 11.3 Å². The van der Waals surface area contributed by atoms with Gasteiger partial charge in [0, 0.05) is 6.54 Å². The zero-order valence-corrected chi connectivity index (χ0v) is 12.2. The number of thiophene rings is 1. The number of carbonyl (C=O) groups excluding carboxylic acids is 1. The van der Waals surface area contributed by atoms with Gasteiger partial charge in [-0.3, -0.25) is 4.79 Å². The lowest BCUT2D eigenvalue weighted by Crippen LogP contribution is -3.08. The molecule has 0 spiro atoms. The van der Waals surface area contributed by atoms with E-state index in [1.54, 1.807) is 23.5 Å². The predicted octanol–water partition coefficient (Wildman–Crippen LogP) is 1.22. The van der Waals surface area contributed by atoms with Crippen molar-refractivity contribution < 1.29 is 14.1 Å². The highest BCUT2D eigenvalue weighted by atomic mass is 32.1. The molecule has 2 rings (SSSR count). The number of rotatable bonds is 6. The van der Waals surface area contributed by atoms with Crippen LogP contribution in [0.5, 0.6) is 0 Å². The molecule has 1 unspecified atom stereocenters. The van der Waals surface area contributed by atoms with Crippen LogP contribution >= 0.6 is 11.3 Å². The summed E-state index contributed by atoms with van der Waals surface area (Å²) in [7, 11) is 2.00. The molecule has 0 saturated carbocycles. The van der Waals surface area contributed by atoms with Gasteiger partial charge in [0.05, 0.1) is 11.9 Å². The van der Waals surface area contributed by atoms with Gasteiger partial charge < -0.3 is 10.2 Å². The summed E-state index contributed by atoms with van der Waals surface area (Å²) in [5.41, 5.74) is 0.899. The molecule has 0 bridgehead atoms. The van der Waals surface area contributed by atoms with E-state index in [-0.39, 0.29) is 11.7 Å². The highest BCUT2D eigenvalue weighted by Gasteiger charge is 2.10. The third kappa shape index (κ3) is 4.75. The van der Waals surface area contributed by atoms with Crippen LogP contribution < -0.4 is 10.2 Å². The summed E-state index contributed by atoms with van der Waals surface area (Å²) in [6.45, 7) is 1.71. The number of hydrogen-bond acceptors (Lipinski definition) is 2. The lowest BCUT2D eigenvalue weighted by atomic mass is 10.2. The summed E-state index contributed by atoms with van der Waals surface area (Å²) < 4.78 is 12.7. The molecule has 3 nitrogen and oxygen atoms in total. The molecule has 106 valence electrons. The lowest BCUT2D eigenvalue weighted by molar-refractivity contribution is -0.885. The van der Waals surface area contributed by atoms with E-state index in [4.69, 9.17) is 0 Å². The fraction of sp³-hybridized carbons (Fsp3) is 0.267. The van der Waals surface area contributed by atoms with Crippen molar-refractivity contribution in [3.05, 3.63) is 58.0 Å². The van der Waals surface area contributed by atoms with Crippen LogP contribution in [0.3, 0.4) is 0 Å². The molecule has 1 atom stereocenters. The Hall–Kier alpha value is -1.72. The molecule has 0 saturated heterocycles. The summed E-state index contributed by atoms with van der Waals surface area (Å²) in [5, 5.41) is 4.89. The number of nitrogens with one attached hydrogen (secondary N) is 2. The van der Waals surface area contributed by atoms with Gasteiger partial charge in [0.1, 0.15) is 12.4 Å². The number of hydrogen-bond donors (Lipinski definition) is 2. The summed E-state index contributed by atoms with van der Waals surface area (Å²) in [6.07, 6.45) is 0. The second-order valence-corrected chi connectivity index (χ2v) is 5.83. The molecule has 0 fully saturated rings. The first-order valence-electron chi connectivity index (χ1n) is 6.48. The van der Waals surface area contributed by atoms with Crippen LogP contribution in [0.4, 0.5) is 4.39 Å². The van der Waals surface area contributed by atoms with Crippen molar-refractivity contribution >= 4 is 17.2 Å². The first-order chi connectivity index (χ1) is 9.63. The van der Waals surface area contributed by atoms with E-state index in [1.807, 2.05) is 18.5 Å². The molecule has 5 heteroatoms. The highest BCUT2D eigenvalue weighted by Crippen LogP contribution is 2.05. The van der Waals surface area contributed by atoms with E-state index in [1.165, 1.54) is 17.0 Å². The van der Waals surface area contributed by atoms with Gasteiger partial charge in [0.25, 0.3) is 5.91 Å². The average molecular weight is 293 g/mol. The number of halogens is 1. The number of carbonyl (C=O) groups is 1. The minimum absolute atomic E-state index is 0.00313. The Labute approximate surface area is 122 Å². The summed E-state index contributed by atoms with van der Waals surface area (Å²) in [4.78, 5) is 14.2. The Bertz CT molecular complexity index is 540. The van der Waals surface area contributed by atoms with Gasteiger partial charge in [0.15, 0.2) is 6.54 Å². The van der Waals surface area contributed by atoms with Crippen LogP contribution in [-0.2, 0) is 17.9 Å². The van der Waals surface area contributed by atoms with Crippen molar-refractivity contribution in [2.45, 2.75) is 13.1 Å². The van der Waals surface area contributed by atoms with Crippen LogP contribution in [0.25, 0.3) is 0 Å². The standard InChI is InChI=1S/C15H17FN2OS/c1-18(10-14-3-2-8-20-14)11-15(19)17-9-12-4-6-13(16)7-5-12/h2-8H,9-11H2,1H3,(H,17,19)/p+1. The minimum Gasteiger partial charge on any atom is -0.347 e. The Morgan fingerprint density at radius 2 is 2.05 bits per heavy atom. The third-order valence-corrected chi connectivity index (χ3v) is 3.80. The molecular weight excluding hydrogens is 275 g/mol. The zero-order chi connectivity index (χ0) is 14.4. The minimum atomic E-state index is -0.264. The Morgan fingerprint density at radius 3 is 2.70 bits per heavy atom. The van der Waals surface area contributed by atoms with Crippen molar-refractivity contribution in [3.63, 3.8) is 0 Å². The Morgan fingerprint density at radius 1 is 1.30 bits per heavy atom. The van der Waals surface area contributed by atoms with E-state index in [9.17, 15) is 9.18 Å². The second-order valence-electron chi connectivity index (χ2n) is 4.79. The van der Waals surface area contributed by atoms with E-state index in [0.717, 1.165) is 17.0 Å². The van der Waals surface area contributed by atoms with Gasteiger partial charge in [-0.2, -0.15) is 0 Å². The Kier molecular flexibility index (Phi) is 5.26. The summed E-state index contributed by atoms with van der Waals surface area (Å²) >= 11 is 1.70. The van der Waals surface area contributed by atoms with Crippen molar-refractivity contribution in [1.82, 2.24) is 5.32 Å². The summed E-state index contributed by atoms with van der Waals surface area (Å²) in [6, 6.07) is 10.2. The molecule has 2 aromatic rings. The molecule has 1 heterocycles. The van der Waals surface area contributed by atoms with Gasteiger partial charge in [-0.25, -0.2) is 4.39 Å². The van der Waals surface area contributed by atoms with E-state index < -0.39 is 0 Å². The monoisotopic (exact) mass is 293 g/mol. The van der Waals surface area contributed by atoms with Crippen molar-refractivity contribution in [3.8, 4) is 0 Å². The van der Waals surface area contributed by atoms with Gasteiger partial charge in [0.2, 0.25) is 0 Å². The molecule has 1 amide bonds. The predicted molar refractivity (Wildman–Crippen MR) is 78.0 cm³/mol. The molecule has 0 aliphatic carbocycles. The molecule has 1 aromatic heterocycles. The van der Waals surface area contributed by atoms with Crippen LogP contribution in [0, 0.1) is 5.82 Å². The van der Waals surface area contributed by atoms with Gasteiger partial charge >= 0.3 is 0 Å². The fourth-order valence-electron chi connectivity index (χ4n) is 1.91. The maximum atomic E-state index is 12.7. The Balaban J connectivity index is 1.73. The number of likely N-dealkylation sites (N-methyl/N-ethyl adjacent to an activating group) is 1. The maximum Gasteiger partial charge on any atom is 0.275 e. The molecule has 0 aliphatic rings. The number of quaternary nitrogens is 1. The molecule has 20 heavy (non-hydrogen) atoms. The normalized spacial score (nSPS) is 12.1. The van der Waals surface area contributed by atoms with E-state index in [0.29, 0.717) is 13.1 Å². The summed E-state index contributed by atoms with van der Waals surface area (Å²) in [5.74, 6) is -0.261. The van der Waals surface area contributed by atoms with E-state index >= 15 is 0 Å². The molecule has 2 N–H and O–H groups in total. The quantitative estimate of drug-likeness (QED) is 0.825. The SMILES string of the molecule is C[NH+](CC(=O)NCc1ccc(F)cc1)Cc1cccs1. The van der Waals surface area contributed by atoms with Crippen LogP contribution in [0.15, 0.2) is 41.8 Å². The largest absolute Gasteiger partial charge is 0.347 e. The zero-order valence-electron chi connectivity index (χ0n) is 11.4. The molecule has 0 aliphatic heterocycles. The second kappa shape index (κ2) is 7.17. The van der Waals surface area contributed by atoms with Crippen molar-refractivity contribution in [2.24, 2.45) is 0 Å². The first-order valence-corrected chi connectivity index (χ1v) is 7.36. The molecule has 1 aromatic carbocycles. The van der Waals surface area contributed by atoms with Crippen molar-refractivity contribution in [1.29, 1.82) is 0 Å². The molecular formula is C15H18FN2OS+. The maximum absolute atomic E-state index is 12.7. The topological polar surface area (TPSA) is 33.5 Å². The van der Waals surface area contributed by atoms with Crippen LogP contribution in [0.2, 0.25) is 0 Å². The fourth-order valence-corrected chi connectivity index (χ4v) is 2.73.